The molecule has 0 aliphatic carbocycles. The van der Waals surface area contributed by atoms with Crippen LogP contribution in [-0.4, -0.2) is 51.6 Å². The summed E-state index contributed by atoms with van der Waals surface area (Å²) < 4.78 is 7.90. The number of halogens is 1. The van der Waals surface area contributed by atoms with Crippen molar-refractivity contribution in [2.24, 2.45) is 4.99 Å². The van der Waals surface area contributed by atoms with E-state index in [0.29, 0.717) is 36.0 Å². The number of aliphatic imine (C=N–C) groups is 1. The zero-order valence-corrected chi connectivity index (χ0v) is 17.0. The van der Waals surface area contributed by atoms with Crippen LogP contribution in [-0.2, 0) is 6.54 Å². The zero-order valence-electron chi connectivity index (χ0n) is 15.4. The van der Waals surface area contributed by atoms with Gasteiger partial charge in [0.05, 0.1) is 32.2 Å². The van der Waals surface area contributed by atoms with Crippen molar-refractivity contribution in [3.05, 3.63) is 44.9 Å². The second-order valence-electron chi connectivity index (χ2n) is 6.59. The summed E-state index contributed by atoms with van der Waals surface area (Å²) in [5.74, 6) is 1.16. The summed E-state index contributed by atoms with van der Waals surface area (Å²) in [6.07, 6.45) is 3.33. The summed E-state index contributed by atoms with van der Waals surface area (Å²) in [7, 11) is 1.61. The monoisotopic (exact) mass is 445 g/mol. The maximum absolute atomic E-state index is 12.5. The molecular formula is C18H20BrN7O2. The van der Waals surface area contributed by atoms with E-state index in [4.69, 9.17) is 4.74 Å². The van der Waals surface area contributed by atoms with Crippen molar-refractivity contribution >= 4 is 39.4 Å². The fraction of sp³-hybridized carbons (Fsp3) is 0.333. The van der Waals surface area contributed by atoms with Crippen LogP contribution in [0.4, 0.5) is 5.95 Å². The summed E-state index contributed by atoms with van der Waals surface area (Å²) in [5, 5.41) is 6.36. The molecule has 28 heavy (non-hydrogen) atoms. The zero-order chi connectivity index (χ0) is 19.7. The SMILES string of the molecule is COc1ccc(Br)cc1Cn1c(=O)[nH]c2cnc(NCC3N=CNC3C)nc21. The van der Waals surface area contributed by atoms with Crippen LogP contribution >= 0.6 is 15.9 Å². The van der Waals surface area contributed by atoms with Crippen molar-refractivity contribution in [2.45, 2.75) is 25.6 Å². The van der Waals surface area contributed by atoms with Crippen LogP contribution < -0.4 is 21.1 Å². The Hall–Kier alpha value is -2.88. The number of imidazole rings is 1. The number of hydrogen-bond acceptors (Lipinski definition) is 7. The lowest BCUT2D eigenvalue weighted by Crippen LogP contribution is -2.33. The van der Waals surface area contributed by atoms with E-state index in [1.54, 1.807) is 24.2 Å². The van der Waals surface area contributed by atoms with E-state index in [2.05, 4.69) is 53.4 Å². The van der Waals surface area contributed by atoms with E-state index in [-0.39, 0.29) is 17.8 Å². The number of anilines is 1. The van der Waals surface area contributed by atoms with Gasteiger partial charge in [0.15, 0.2) is 5.65 Å². The lowest BCUT2D eigenvalue weighted by molar-refractivity contribution is 0.408. The van der Waals surface area contributed by atoms with Gasteiger partial charge in [-0.25, -0.2) is 9.78 Å². The van der Waals surface area contributed by atoms with Crippen molar-refractivity contribution < 1.29 is 4.74 Å². The minimum atomic E-state index is -0.248. The number of hydrogen-bond donors (Lipinski definition) is 3. The average molecular weight is 446 g/mol. The van der Waals surface area contributed by atoms with Gasteiger partial charge in [-0.15, -0.1) is 0 Å². The Morgan fingerprint density at radius 1 is 1.39 bits per heavy atom. The minimum absolute atomic E-state index is 0.110. The Balaban J connectivity index is 1.63. The van der Waals surface area contributed by atoms with Crippen LogP contribution in [0.25, 0.3) is 11.2 Å². The fourth-order valence-electron chi connectivity index (χ4n) is 3.14. The van der Waals surface area contributed by atoms with Crippen LogP contribution in [0.3, 0.4) is 0 Å². The van der Waals surface area contributed by atoms with Crippen LogP contribution in [0.5, 0.6) is 5.75 Å². The third-order valence-electron chi connectivity index (χ3n) is 4.73. The van der Waals surface area contributed by atoms with Crippen molar-refractivity contribution in [2.75, 3.05) is 19.0 Å². The number of benzene rings is 1. The van der Waals surface area contributed by atoms with E-state index in [9.17, 15) is 4.79 Å². The molecule has 0 radical (unpaired) electrons. The molecule has 2 atom stereocenters. The number of nitrogens with zero attached hydrogens (tertiary/aromatic N) is 4. The van der Waals surface area contributed by atoms with E-state index in [1.807, 2.05) is 18.2 Å². The van der Waals surface area contributed by atoms with Gasteiger partial charge in [0.25, 0.3) is 0 Å². The normalized spacial score (nSPS) is 18.4. The molecule has 9 nitrogen and oxygen atoms in total. The maximum atomic E-state index is 12.5. The van der Waals surface area contributed by atoms with Crippen LogP contribution in [0.15, 0.2) is 38.7 Å². The molecule has 0 amide bonds. The summed E-state index contributed by atoms with van der Waals surface area (Å²) in [4.78, 5) is 28.5. The first-order chi connectivity index (χ1) is 13.5. The smallest absolute Gasteiger partial charge is 0.328 e. The van der Waals surface area contributed by atoms with E-state index < -0.39 is 0 Å². The first-order valence-electron chi connectivity index (χ1n) is 8.84. The van der Waals surface area contributed by atoms with Crippen LogP contribution in [0.2, 0.25) is 0 Å². The summed E-state index contributed by atoms with van der Waals surface area (Å²) in [6, 6.07) is 6.05. The number of nitrogens with one attached hydrogen (secondary N) is 3. The molecular weight excluding hydrogens is 426 g/mol. The van der Waals surface area contributed by atoms with Crippen molar-refractivity contribution in [1.82, 2.24) is 24.8 Å². The number of aromatic nitrogens is 4. The highest BCUT2D eigenvalue weighted by molar-refractivity contribution is 9.10. The van der Waals surface area contributed by atoms with Gasteiger partial charge in [-0.05, 0) is 25.1 Å². The number of fused-ring (bicyclic) bond motifs is 1. The van der Waals surface area contributed by atoms with Gasteiger partial charge < -0.3 is 20.4 Å². The fourth-order valence-corrected chi connectivity index (χ4v) is 3.55. The number of ether oxygens (including phenoxy) is 1. The third-order valence-corrected chi connectivity index (χ3v) is 5.23. The molecule has 0 saturated carbocycles. The number of rotatable bonds is 6. The van der Waals surface area contributed by atoms with Gasteiger partial charge in [0, 0.05) is 22.6 Å². The molecule has 10 heteroatoms. The molecule has 0 fully saturated rings. The third kappa shape index (κ3) is 3.59. The van der Waals surface area contributed by atoms with Crippen LogP contribution in [0.1, 0.15) is 12.5 Å². The molecule has 3 heterocycles. The number of aromatic amines is 1. The Morgan fingerprint density at radius 2 is 2.25 bits per heavy atom. The Labute approximate surface area is 169 Å². The molecule has 3 aromatic rings. The van der Waals surface area contributed by atoms with Gasteiger partial charge in [-0.1, -0.05) is 15.9 Å². The first kappa shape index (κ1) is 18.5. The summed E-state index contributed by atoms with van der Waals surface area (Å²) in [5.41, 5.74) is 1.74. The molecule has 0 spiro atoms. The molecule has 1 aliphatic rings. The summed E-state index contributed by atoms with van der Waals surface area (Å²) >= 11 is 3.46. The topological polar surface area (TPSA) is 109 Å². The van der Waals surface area contributed by atoms with Gasteiger partial charge in [0.2, 0.25) is 5.95 Å². The van der Waals surface area contributed by atoms with Gasteiger partial charge in [0.1, 0.15) is 11.3 Å². The van der Waals surface area contributed by atoms with Crippen molar-refractivity contribution in [1.29, 1.82) is 0 Å². The van der Waals surface area contributed by atoms with Gasteiger partial charge in [-0.2, -0.15) is 4.98 Å². The van der Waals surface area contributed by atoms with Crippen molar-refractivity contribution in [3.63, 3.8) is 0 Å². The Morgan fingerprint density at radius 3 is 3.00 bits per heavy atom. The number of methoxy groups -OCH3 is 1. The van der Waals surface area contributed by atoms with Gasteiger partial charge >= 0.3 is 5.69 Å². The second-order valence-corrected chi connectivity index (χ2v) is 7.50. The highest BCUT2D eigenvalue weighted by Crippen LogP contribution is 2.24. The Kier molecular flexibility index (Phi) is 5.03. The van der Waals surface area contributed by atoms with E-state index >= 15 is 0 Å². The molecule has 0 saturated heterocycles. The predicted molar refractivity (Wildman–Crippen MR) is 111 cm³/mol. The second kappa shape index (κ2) is 7.63. The lowest BCUT2D eigenvalue weighted by atomic mass is 10.2. The largest absolute Gasteiger partial charge is 0.496 e. The standard InChI is InChI=1S/C18H20BrN7O2/c1-10-13(23-9-22-10)6-20-17-21-7-14-16(25-17)26(18(27)24-14)8-11-5-12(19)3-4-15(11)28-2/h3-5,7,9-10,13H,6,8H2,1-2H3,(H,22,23)(H,24,27)(H,20,21,25). The van der Waals surface area contributed by atoms with Crippen molar-refractivity contribution in [3.8, 4) is 5.75 Å². The Bertz CT molecular complexity index is 1090. The molecule has 2 aromatic heterocycles. The van der Waals surface area contributed by atoms with E-state index in [0.717, 1.165) is 10.0 Å². The molecule has 0 bridgehead atoms. The average Bonchev–Trinajstić information content (AvgIpc) is 3.23. The highest BCUT2D eigenvalue weighted by Gasteiger charge is 2.19. The molecule has 2 unspecified atom stereocenters. The summed E-state index contributed by atoms with van der Waals surface area (Å²) in [6.45, 7) is 2.99. The molecule has 1 aliphatic heterocycles. The van der Waals surface area contributed by atoms with Gasteiger partial charge in [-0.3, -0.25) is 9.56 Å². The number of H-pyrrole nitrogens is 1. The minimum Gasteiger partial charge on any atom is -0.496 e. The van der Waals surface area contributed by atoms with Crippen LogP contribution in [0, 0.1) is 0 Å². The lowest BCUT2D eigenvalue weighted by Gasteiger charge is -2.14. The first-order valence-corrected chi connectivity index (χ1v) is 9.64. The maximum Gasteiger partial charge on any atom is 0.328 e. The quantitative estimate of drug-likeness (QED) is 0.532. The van der Waals surface area contributed by atoms with E-state index in [1.165, 1.54) is 0 Å². The molecule has 146 valence electrons. The molecule has 1 aromatic carbocycles. The predicted octanol–water partition coefficient (Wildman–Crippen LogP) is 1.74. The highest BCUT2D eigenvalue weighted by atomic mass is 79.9. The molecule has 3 N–H and O–H groups in total. The molecule has 4 rings (SSSR count).